The lowest BCUT2D eigenvalue weighted by molar-refractivity contribution is 0.0669. The standard InChI is InChI=1S/C15H21BrN2O.ClH/c1-11-4-5-13(9-14(11)16)15(19)18-8-2-3-12(10-18)6-7-17;/h4-5,9,12H,2-3,6-8,10,17H2,1H3;1H. The highest BCUT2D eigenvalue weighted by atomic mass is 79.9. The maximum atomic E-state index is 12.5. The maximum Gasteiger partial charge on any atom is 0.253 e. The lowest BCUT2D eigenvalue weighted by atomic mass is 9.94. The van der Waals surface area contributed by atoms with E-state index in [4.69, 9.17) is 5.73 Å². The van der Waals surface area contributed by atoms with Gasteiger partial charge in [-0.3, -0.25) is 4.79 Å². The summed E-state index contributed by atoms with van der Waals surface area (Å²) < 4.78 is 0.994. The molecule has 1 atom stereocenters. The van der Waals surface area contributed by atoms with Crippen LogP contribution in [0.2, 0.25) is 0 Å². The molecular formula is C15H22BrClN2O. The molecule has 3 nitrogen and oxygen atoms in total. The second-order valence-corrected chi connectivity index (χ2v) is 6.16. The van der Waals surface area contributed by atoms with E-state index in [0.717, 1.165) is 41.5 Å². The number of rotatable bonds is 3. The molecule has 1 saturated heterocycles. The summed E-state index contributed by atoms with van der Waals surface area (Å²) >= 11 is 3.49. The van der Waals surface area contributed by atoms with Gasteiger partial charge in [-0.1, -0.05) is 22.0 Å². The van der Waals surface area contributed by atoms with Crippen molar-refractivity contribution in [1.82, 2.24) is 4.90 Å². The van der Waals surface area contributed by atoms with E-state index in [-0.39, 0.29) is 18.3 Å². The third-order valence-electron chi connectivity index (χ3n) is 3.80. The number of hydrogen-bond donors (Lipinski definition) is 1. The van der Waals surface area contributed by atoms with Gasteiger partial charge in [0, 0.05) is 23.1 Å². The summed E-state index contributed by atoms with van der Waals surface area (Å²) in [5, 5.41) is 0. The fourth-order valence-corrected chi connectivity index (χ4v) is 3.01. The zero-order chi connectivity index (χ0) is 13.8. The maximum absolute atomic E-state index is 12.5. The highest BCUT2D eigenvalue weighted by molar-refractivity contribution is 9.10. The van der Waals surface area contributed by atoms with E-state index in [9.17, 15) is 4.79 Å². The molecule has 1 heterocycles. The summed E-state index contributed by atoms with van der Waals surface area (Å²) in [5.41, 5.74) is 7.54. The van der Waals surface area contributed by atoms with E-state index in [1.54, 1.807) is 0 Å². The Balaban J connectivity index is 0.00000200. The summed E-state index contributed by atoms with van der Waals surface area (Å²) in [6.45, 7) is 4.45. The first-order chi connectivity index (χ1) is 9.11. The van der Waals surface area contributed by atoms with Gasteiger partial charge in [0.25, 0.3) is 5.91 Å². The van der Waals surface area contributed by atoms with Gasteiger partial charge in [0.15, 0.2) is 0 Å². The number of nitrogens with zero attached hydrogens (tertiary/aromatic N) is 1. The number of carbonyl (C=O) groups excluding carboxylic acids is 1. The number of carbonyl (C=O) groups is 1. The van der Waals surface area contributed by atoms with Crippen LogP contribution < -0.4 is 5.73 Å². The summed E-state index contributed by atoms with van der Waals surface area (Å²) in [6.07, 6.45) is 3.30. The third kappa shape index (κ3) is 4.21. The highest BCUT2D eigenvalue weighted by Gasteiger charge is 2.24. The molecular weight excluding hydrogens is 340 g/mol. The normalized spacial score (nSPS) is 18.6. The molecule has 2 rings (SSSR count). The van der Waals surface area contributed by atoms with Crippen LogP contribution in [0.5, 0.6) is 0 Å². The summed E-state index contributed by atoms with van der Waals surface area (Å²) in [4.78, 5) is 14.5. The van der Waals surface area contributed by atoms with Crippen molar-refractivity contribution in [3.05, 3.63) is 33.8 Å². The Hall–Kier alpha value is -0.580. The van der Waals surface area contributed by atoms with E-state index in [1.165, 1.54) is 6.42 Å². The average Bonchev–Trinajstić information content (AvgIpc) is 2.42. The molecule has 2 N–H and O–H groups in total. The van der Waals surface area contributed by atoms with E-state index in [1.807, 2.05) is 30.0 Å². The minimum Gasteiger partial charge on any atom is -0.338 e. The first-order valence-electron chi connectivity index (χ1n) is 6.87. The van der Waals surface area contributed by atoms with Gasteiger partial charge < -0.3 is 10.6 Å². The van der Waals surface area contributed by atoms with Gasteiger partial charge in [-0.2, -0.15) is 0 Å². The molecule has 112 valence electrons. The summed E-state index contributed by atoms with van der Waals surface area (Å²) in [6, 6.07) is 5.82. The van der Waals surface area contributed by atoms with Crippen LogP contribution in [0.1, 0.15) is 35.2 Å². The van der Waals surface area contributed by atoms with Crippen LogP contribution in [-0.4, -0.2) is 30.4 Å². The number of amides is 1. The molecule has 1 unspecified atom stereocenters. The van der Waals surface area contributed by atoms with Crippen LogP contribution in [0, 0.1) is 12.8 Å². The van der Waals surface area contributed by atoms with Crippen LogP contribution in [0.3, 0.4) is 0 Å². The molecule has 5 heteroatoms. The van der Waals surface area contributed by atoms with Crippen molar-refractivity contribution in [2.24, 2.45) is 11.7 Å². The molecule has 0 saturated carbocycles. The number of aryl methyl sites for hydroxylation is 1. The minimum atomic E-state index is 0. The van der Waals surface area contributed by atoms with Gasteiger partial charge >= 0.3 is 0 Å². The van der Waals surface area contributed by atoms with Gasteiger partial charge in [-0.05, 0) is 56.3 Å². The van der Waals surface area contributed by atoms with Gasteiger partial charge in [-0.25, -0.2) is 0 Å². The second-order valence-electron chi connectivity index (χ2n) is 5.30. The van der Waals surface area contributed by atoms with E-state index < -0.39 is 0 Å². The Labute approximate surface area is 135 Å². The van der Waals surface area contributed by atoms with Crippen LogP contribution in [0.25, 0.3) is 0 Å². The predicted octanol–water partition coefficient (Wildman–Crippen LogP) is 3.38. The number of piperidine rings is 1. The van der Waals surface area contributed by atoms with Crippen molar-refractivity contribution >= 4 is 34.2 Å². The number of hydrogen-bond acceptors (Lipinski definition) is 2. The zero-order valence-electron chi connectivity index (χ0n) is 11.8. The molecule has 1 aliphatic heterocycles. The molecule has 1 fully saturated rings. The largest absolute Gasteiger partial charge is 0.338 e. The molecule has 0 spiro atoms. The van der Waals surface area contributed by atoms with Gasteiger partial charge in [0.05, 0.1) is 0 Å². The van der Waals surface area contributed by atoms with Crippen molar-refractivity contribution < 1.29 is 4.79 Å². The average molecular weight is 362 g/mol. The van der Waals surface area contributed by atoms with E-state index in [2.05, 4.69) is 15.9 Å². The smallest absolute Gasteiger partial charge is 0.253 e. The molecule has 20 heavy (non-hydrogen) atoms. The summed E-state index contributed by atoms with van der Waals surface area (Å²) in [5.74, 6) is 0.707. The van der Waals surface area contributed by atoms with Crippen LogP contribution in [0.4, 0.5) is 0 Å². The number of halogens is 2. The quantitative estimate of drug-likeness (QED) is 0.897. The van der Waals surface area contributed by atoms with E-state index in [0.29, 0.717) is 12.5 Å². The number of likely N-dealkylation sites (tertiary alicyclic amines) is 1. The summed E-state index contributed by atoms with van der Waals surface area (Å²) in [7, 11) is 0. The third-order valence-corrected chi connectivity index (χ3v) is 4.65. The SMILES string of the molecule is Cc1ccc(C(=O)N2CCCC(CCN)C2)cc1Br.Cl. The fourth-order valence-electron chi connectivity index (χ4n) is 2.63. The molecule has 0 radical (unpaired) electrons. The molecule has 1 amide bonds. The molecule has 1 aromatic rings. The molecule has 1 aromatic carbocycles. The van der Waals surface area contributed by atoms with Gasteiger partial charge in [-0.15, -0.1) is 12.4 Å². The lowest BCUT2D eigenvalue weighted by Gasteiger charge is -2.32. The Bertz CT molecular complexity index is 465. The Morgan fingerprint density at radius 2 is 2.25 bits per heavy atom. The Morgan fingerprint density at radius 3 is 2.90 bits per heavy atom. The minimum absolute atomic E-state index is 0. The van der Waals surface area contributed by atoms with Crippen molar-refractivity contribution in [3.63, 3.8) is 0 Å². The number of benzene rings is 1. The Kier molecular flexibility index (Phi) is 7.00. The van der Waals surface area contributed by atoms with Gasteiger partial charge in [0.2, 0.25) is 0 Å². The second kappa shape index (κ2) is 8.01. The van der Waals surface area contributed by atoms with Crippen molar-refractivity contribution in [3.8, 4) is 0 Å². The van der Waals surface area contributed by atoms with Crippen LogP contribution in [0.15, 0.2) is 22.7 Å². The lowest BCUT2D eigenvalue weighted by Crippen LogP contribution is -2.40. The molecule has 1 aliphatic rings. The van der Waals surface area contributed by atoms with Crippen LogP contribution >= 0.6 is 28.3 Å². The monoisotopic (exact) mass is 360 g/mol. The zero-order valence-corrected chi connectivity index (χ0v) is 14.2. The topological polar surface area (TPSA) is 46.3 Å². The Morgan fingerprint density at radius 1 is 1.50 bits per heavy atom. The van der Waals surface area contributed by atoms with Crippen molar-refractivity contribution in [1.29, 1.82) is 0 Å². The first-order valence-corrected chi connectivity index (χ1v) is 7.66. The van der Waals surface area contributed by atoms with Crippen LogP contribution in [-0.2, 0) is 0 Å². The first kappa shape index (κ1) is 17.5. The highest BCUT2D eigenvalue weighted by Crippen LogP contribution is 2.23. The fraction of sp³-hybridized carbons (Fsp3) is 0.533. The predicted molar refractivity (Wildman–Crippen MR) is 88.4 cm³/mol. The molecule has 0 aromatic heterocycles. The van der Waals surface area contributed by atoms with Gasteiger partial charge in [0.1, 0.15) is 0 Å². The van der Waals surface area contributed by atoms with E-state index >= 15 is 0 Å². The van der Waals surface area contributed by atoms with Crippen molar-refractivity contribution in [2.45, 2.75) is 26.2 Å². The molecule has 0 aliphatic carbocycles. The number of nitrogens with two attached hydrogens (primary N) is 1. The van der Waals surface area contributed by atoms with Crippen molar-refractivity contribution in [2.75, 3.05) is 19.6 Å². The molecule has 0 bridgehead atoms.